The highest BCUT2D eigenvalue weighted by molar-refractivity contribution is 5.71. The molecular formula is C69H112O6. The molecule has 75 heavy (non-hydrogen) atoms. The van der Waals surface area contributed by atoms with Crippen LogP contribution in [0.5, 0.6) is 0 Å². The van der Waals surface area contributed by atoms with Gasteiger partial charge < -0.3 is 14.2 Å². The molecule has 0 amide bonds. The van der Waals surface area contributed by atoms with E-state index < -0.39 is 6.10 Å². The van der Waals surface area contributed by atoms with Crippen molar-refractivity contribution in [3.63, 3.8) is 0 Å². The number of hydrogen-bond acceptors (Lipinski definition) is 6. The number of carbonyl (C=O) groups excluding carboxylic acids is 3. The van der Waals surface area contributed by atoms with Gasteiger partial charge in [0.05, 0.1) is 0 Å². The highest BCUT2D eigenvalue weighted by Crippen LogP contribution is 2.15. The van der Waals surface area contributed by atoms with E-state index in [2.05, 4.69) is 154 Å². The predicted octanol–water partition coefficient (Wildman–Crippen LogP) is 21.0. The molecular weight excluding hydrogens is 925 g/mol. The van der Waals surface area contributed by atoms with Gasteiger partial charge >= 0.3 is 17.9 Å². The molecule has 1 unspecified atom stereocenters. The van der Waals surface area contributed by atoms with Crippen LogP contribution in [0.15, 0.2) is 134 Å². The highest BCUT2D eigenvalue weighted by atomic mass is 16.6. The number of hydrogen-bond donors (Lipinski definition) is 0. The maximum Gasteiger partial charge on any atom is 0.306 e. The van der Waals surface area contributed by atoms with Gasteiger partial charge in [-0.3, -0.25) is 14.4 Å². The third-order valence-electron chi connectivity index (χ3n) is 12.6. The Kier molecular flexibility index (Phi) is 58.4. The zero-order valence-electron chi connectivity index (χ0n) is 48.5. The van der Waals surface area contributed by atoms with Crippen molar-refractivity contribution in [1.82, 2.24) is 0 Å². The monoisotopic (exact) mass is 1040 g/mol. The quantitative estimate of drug-likeness (QED) is 0.0261. The topological polar surface area (TPSA) is 78.9 Å². The van der Waals surface area contributed by atoms with Crippen molar-refractivity contribution in [2.45, 2.75) is 271 Å². The minimum Gasteiger partial charge on any atom is -0.462 e. The smallest absolute Gasteiger partial charge is 0.306 e. The molecule has 0 aromatic rings. The molecule has 0 heterocycles. The van der Waals surface area contributed by atoms with Crippen molar-refractivity contribution >= 4 is 17.9 Å². The number of rotatable bonds is 54. The van der Waals surface area contributed by atoms with Crippen LogP contribution in [-0.2, 0) is 28.6 Å². The summed E-state index contributed by atoms with van der Waals surface area (Å²) < 4.78 is 16.7. The van der Waals surface area contributed by atoms with Crippen LogP contribution < -0.4 is 0 Å². The Labute approximate surface area is 462 Å². The molecule has 6 heteroatoms. The van der Waals surface area contributed by atoms with E-state index >= 15 is 0 Å². The van der Waals surface area contributed by atoms with E-state index in [4.69, 9.17) is 14.2 Å². The van der Waals surface area contributed by atoms with E-state index in [9.17, 15) is 14.4 Å². The van der Waals surface area contributed by atoms with Crippen LogP contribution >= 0.6 is 0 Å². The van der Waals surface area contributed by atoms with E-state index in [0.717, 1.165) is 122 Å². The van der Waals surface area contributed by atoms with Gasteiger partial charge in [-0.05, 0) is 116 Å². The van der Waals surface area contributed by atoms with Crippen LogP contribution in [0.25, 0.3) is 0 Å². The molecule has 0 saturated carbocycles. The summed E-state index contributed by atoms with van der Waals surface area (Å²) in [6.45, 7) is 6.38. The first-order valence-corrected chi connectivity index (χ1v) is 30.7. The third-order valence-corrected chi connectivity index (χ3v) is 12.6. The van der Waals surface area contributed by atoms with Crippen LogP contribution in [0.2, 0.25) is 0 Å². The summed E-state index contributed by atoms with van der Waals surface area (Å²) in [5.41, 5.74) is 0. The van der Waals surface area contributed by atoms with E-state index in [1.807, 2.05) is 0 Å². The number of allylic oxidation sites excluding steroid dienone is 22. The van der Waals surface area contributed by atoms with Gasteiger partial charge in [0.1, 0.15) is 13.2 Å². The second kappa shape index (κ2) is 62.1. The van der Waals surface area contributed by atoms with Crippen molar-refractivity contribution in [2.75, 3.05) is 13.2 Å². The molecule has 0 spiro atoms. The van der Waals surface area contributed by atoms with Gasteiger partial charge in [-0.2, -0.15) is 0 Å². The average Bonchev–Trinajstić information content (AvgIpc) is 3.41. The predicted molar refractivity (Wildman–Crippen MR) is 325 cm³/mol. The lowest BCUT2D eigenvalue weighted by molar-refractivity contribution is -0.167. The van der Waals surface area contributed by atoms with Crippen LogP contribution in [-0.4, -0.2) is 37.2 Å². The normalized spacial score (nSPS) is 13.1. The summed E-state index contributed by atoms with van der Waals surface area (Å²) in [4.78, 5) is 37.9. The lowest BCUT2D eigenvalue weighted by Crippen LogP contribution is -2.30. The molecule has 0 radical (unpaired) electrons. The molecule has 6 nitrogen and oxygen atoms in total. The maximum atomic E-state index is 12.8. The van der Waals surface area contributed by atoms with Crippen molar-refractivity contribution in [3.05, 3.63) is 134 Å². The number of ether oxygens (including phenoxy) is 3. The van der Waals surface area contributed by atoms with E-state index in [1.165, 1.54) is 96.3 Å². The molecule has 0 aliphatic carbocycles. The van der Waals surface area contributed by atoms with Crippen LogP contribution in [0.4, 0.5) is 0 Å². The van der Waals surface area contributed by atoms with Gasteiger partial charge in [-0.1, -0.05) is 264 Å². The second-order valence-corrected chi connectivity index (χ2v) is 19.9. The number of unbranched alkanes of at least 4 members (excludes halogenated alkanes) is 21. The van der Waals surface area contributed by atoms with E-state index in [1.54, 1.807) is 0 Å². The third kappa shape index (κ3) is 60.3. The molecule has 1 atom stereocenters. The van der Waals surface area contributed by atoms with Crippen LogP contribution in [0.3, 0.4) is 0 Å². The number of esters is 3. The second-order valence-electron chi connectivity index (χ2n) is 19.9. The first-order chi connectivity index (χ1) is 37.0. The van der Waals surface area contributed by atoms with Crippen molar-refractivity contribution in [2.24, 2.45) is 0 Å². The van der Waals surface area contributed by atoms with Gasteiger partial charge in [-0.25, -0.2) is 0 Å². The van der Waals surface area contributed by atoms with Crippen molar-refractivity contribution in [1.29, 1.82) is 0 Å². The van der Waals surface area contributed by atoms with Gasteiger partial charge in [0.15, 0.2) is 6.10 Å². The number of carbonyl (C=O) groups is 3. The summed E-state index contributed by atoms with van der Waals surface area (Å²) in [7, 11) is 0. The van der Waals surface area contributed by atoms with Crippen molar-refractivity contribution in [3.8, 4) is 0 Å². The minimum atomic E-state index is -0.804. The Balaban J connectivity index is 4.21. The van der Waals surface area contributed by atoms with Crippen LogP contribution in [0, 0.1) is 0 Å². The van der Waals surface area contributed by atoms with Crippen LogP contribution in [0.1, 0.15) is 265 Å². The fourth-order valence-electron chi connectivity index (χ4n) is 8.06. The fraction of sp³-hybridized carbons (Fsp3) is 0.638. The van der Waals surface area contributed by atoms with E-state index in [-0.39, 0.29) is 37.5 Å². The molecule has 0 aliphatic rings. The van der Waals surface area contributed by atoms with Gasteiger partial charge in [0.25, 0.3) is 0 Å². The molecule has 0 N–H and O–H groups in total. The first-order valence-electron chi connectivity index (χ1n) is 30.7. The highest BCUT2D eigenvalue weighted by Gasteiger charge is 2.19. The fourth-order valence-corrected chi connectivity index (χ4v) is 8.06. The average molecular weight is 1040 g/mol. The molecule has 0 aromatic carbocycles. The summed E-state index contributed by atoms with van der Waals surface area (Å²) in [6, 6.07) is 0. The summed E-state index contributed by atoms with van der Waals surface area (Å²) >= 11 is 0. The first kappa shape index (κ1) is 70.5. The lowest BCUT2D eigenvalue weighted by Gasteiger charge is -2.18. The van der Waals surface area contributed by atoms with Gasteiger partial charge in [0.2, 0.25) is 0 Å². The largest absolute Gasteiger partial charge is 0.462 e. The Morgan fingerprint density at radius 3 is 0.867 bits per heavy atom. The molecule has 0 bridgehead atoms. The summed E-state index contributed by atoms with van der Waals surface area (Å²) in [5.74, 6) is -0.981. The lowest BCUT2D eigenvalue weighted by atomic mass is 10.0. The van der Waals surface area contributed by atoms with Crippen molar-refractivity contribution < 1.29 is 28.6 Å². The summed E-state index contributed by atoms with van der Waals surface area (Å²) in [6.07, 6.45) is 87.9. The zero-order valence-corrected chi connectivity index (χ0v) is 48.5. The SMILES string of the molecule is CC/C=C\C/C=C\C/C=C\C/C=C\C/C=C\C/C=C\C/C=C\C/C=C\C/C=C\CCCC(=O)OCC(COC(=O)CCCCCCC)OC(=O)CCCCCCCCCCCCC/C=C\C/C=C\CCCCCCC. The Morgan fingerprint density at radius 1 is 0.280 bits per heavy atom. The zero-order chi connectivity index (χ0) is 54.3. The van der Waals surface area contributed by atoms with E-state index in [0.29, 0.717) is 19.3 Å². The Bertz CT molecular complexity index is 1620. The minimum absolute atomic E-state index is 0.101. The summed E-state index contributed by atoms with van der Waals surface area (Å²) in [5, 5.41) is 0. The Hall–Kier alpha value is -4.45. The molecule has 0 saturated heterocycles. The standard InChI is InChI=1S/C69H112O6/c1-4-7-10-13-15-17-19-21-23-25-27-29-31-32-33-34-35-36-38-39-41-43-45-47-49-51-53-56-59-62-68(71)74-65-66(64-73-67(70)61-58-55-12-9-6-3)75-69(72)63-60-57-54-52-50-48-46-44-42-40-37-30-28-26-24-22-20-18-16-14-11-8-5-2/h7,10,15,17,20-23,26-29,32-33,35-36,39,41,45,47,51,53,66H,4-6,8-9,11-14,16,18-19,24-25,30-31,34,37-38,40,42-44,46,48-50,52,54-65H2,1-3H3/b10-7-,17-15-,22-20-,23-21-,28-26-,29-27-,33-32-,36-35-,41-39-,47-45-,53-51-. The molecule has 0 rings (SSSR count). The molecule has 0 aromatic heterocycles. The molecule has 0 fully saturated rings. The van der Waals surface area contributed by atoms with Gasteiger partial charge in [-0.15, -0.1) is 0 Å². The maximum absolute atomic E-state index is 12.8. The molecule has 0 aliphatic heterocycles. The van der Waals surface area contributed by atoms with Gasteiger partial charge in [0, 0.05) is 19.3 Å². The molecule has 424 valence electrons. The Morgan fingerprint density at radius 2 is 0.533 bits per heavy atom.